The molecule has 0 spiro atoms. The fourth-order valence-electron chi connectivity index (χ4n) is 7.88. The van der Waals surface area contributed by atoms with E-state index in [1.165, 1.54) is 35.6 Å². The number of aliphatic hydroxyl groups is 2. The molecule has 5 aromatic carbocycles. The fraction of sp³-hybridized carbons (Fsp3) is 0.226. The van der Waals surface area contributed by atoms with Crippen LogP contribution >= 0.6 is 11.3 Å². The average Bonchev–Trinajstić information content (AvgIpc) is 3.89. The molecule has 7 atom stereocenters. The first-order valence-electron chi connectivity index (χ1n) is 22.5. The van der Waals surface area contributed by atoms with Crippen LogP contribution in [0.25, 0.3) is 11.1 Å². The van der Waals surface area contributed by atoms with E-state index in [0.29, 0.717) is 27.1 Å². The lowest BCUT2D eigenvalue weighted by atomic mass is 9.98. The molecule has 70 heavy (non-hydrogen) atoms. The monoisotopic (exact) mass is 964 g/mol. The Labute approximate surface area is 407 Å². The molecule has 8 rings (SSSR count). The molecular formula is C53H52N6O10S. The minimum absolute atomic E-state index is 0.0679. The molecule has 3 heterocycles. The van der Waals surface area contributed by atoms with Gasteiger partial charge in [0.2, 0.25) is 23.6 Å². The molecule has 17 heteroatoms. The van der Waals surface area contributed by atoms with Crippen LogP contribution in [0.3, 0.4) is 0 Å². The Morgan fingerprint density at radius 3 is 1.61 bits per heavy atom. The number of benzene rings is 5. The topological polar surface area (TPSA) is 252 Å². The van der Waals surface area contributed by atoms with Crippen molar-refractivity contribution in [2.24, 2.45) is 0 Å². The Morgan fingerprint density at radius 2 is 1.04 bits per heavy atom. The van der Waals surface area contributed by atoms with Crippen LogP contribution in [-0.2, 0) is 65.7 Å². The highest BCUT2D eigenvalue weighted by atomic mass is 32.1. The largest absolute Gasteiger partial charge is 0.480 e. The van der Waals surface area contributed by atoms with Crippen molar-refractivity contribution in [3.8, 4) is 11.1 Å². The number of carboxylic acids is 1. The van der Waals surface area contributed by atoms with Crippen molar-refractivity contribution in [3.63, 3.8) is 0 Å². The van der Waals surface area contributed by atoms with Crippen LogP contribution in [0.1, 0.15) is 27.1 Å². The summed E-state index contributed by atoms with van der Waals surface area (Å²) in [5, 5.41) is 49.6. The van der Waals surface area contributed by atoms with E-state index in [0.717, 1.165) is 11.1 Å². The van der Waals surface area contributed by atoms with Crippen molar-refractivity contribution in [2.75, 3.05) is 5.32 Å². The third-order valence-electron chi connectivity index (χ3n) is 11.7. The molecule has 16 nitrogen and oxygen atoms in total. The first-order valence-corrected chi connectivity index (χ1v) is 23.4. The first-order chi connectivity index (χ1) is 33.8. The smallest absolute Gasteiger partial charge is 0.326 e. The molecule has 360 valence electrons. The summed E-state index contributed by atoms with van der Waals surface area (Å²) in [5.41, 5.74) is 4.30. The van der Waals surface area contributed by atoms with Crippen molar-refractivity contribution in [3.05, 3.63) is 184 Å². The second-order valence-electron chi connectivity index (χ2n) is 16.9. The average molecular weight is 965 g/mol. The summed E-state index contributed by atoms with van der Waals surface area (Å²) in [7, 11) is 0. The van der Waals surface area contributed by atoms with Crippen LogP contribution in [0.15, 0.2) is 157 Å². The van der Waals surface area contributed by atoms with E-state index in [9.17, 15) is 48.9 Å². The van der Waals surface area contributed by atoms with E-state index >= 15 is 0 Å². The standard InChI is InChI=1S/C53H52N6O10S/c60-45-46(61)52(67)58-43(31-39-17-10-26-70-39)50(65)57-41(28-34-18-22-37(23-19-34)36-15-8-3-9-16-36)48(63)55-40(27-32-11-4-1-5-12-32)47(62)56-42(29-35-20-24-38(25-21-35)54-51(45)66)49(64)59-44(53(68)69)30-33-13-6-2-7-14-33/h1-26,40-46,60-61H,27-31H2,(H,54,66)(H,55,63)(H,56,62)(H,57,65)(H,58,67)(H,59,64)(H,68,69)/t40-,41+,42-,43-,44-,45+,46+/m0/s1. The Kier molecular flexibility index (Phi) is 17.0. The summed E-state index contributed by atoms with van der Waals surface area (Å²) >= 11 is 1.28. The highest BCUT2D eigenvalue weighted by Crippen LogP contribution is 2.21. The van der Waals surface area contributed by atoms with Gasteiger partial charge in [-0.3, -0.25) is 28.8 Å². The van der Waals surface area contributed by atoms with Gasteiger partial charge < -0.3 is 47.2 Å². The number of carbonyl (C=O) groups is 7. The maximum Gasteiger partial charge on any atom is 0.326 e. The van der Waals surface area contributed by atoms with Crippen molar-refractivity contribution < 1.29 is 48.9 Å². The van der Waals surface area contributed by atoms with Gasteiger partial charge in [0.15, 0.2) is 12.2 Å². The number of fused-ring (bicyclic) bond motifs is 18. The number of amides is 6. The molecule has 9 N–H and O–H groups in total. The van der Waals surface area contributed by atoms with Crippen molar-refractivity contribution in [2.45, 2.75) is 74.5 Å². The van der Waals surface area contributed by atoms with Crippen molar-refractivity contribution >= 4 is 58.4 Å². The first kappa shape index (κ1) is 49.9. The molecule has 2 aliphatic rings. The Morgan fingerprint density at radius 1 is 0.543 bits per heavy atom. The summed E-state index contributed by atoms with van der Waals surface area (Å²) in [6, 6.07) is 36.7. The molecule has 2 aliphatic heterocycles. The van der Waals surface area contributed by atoms with Gasteiger partial charge in [0.25, 0.3) is 11.8 Å². The van der Waals surface area contributed by atoms with E-state index in [1.54, 1.807) is 90.3 Å². The van der Waals surface area contributed by atoms with Crippen LogP contribution in [0, 0.1) is 0 Å². The molecule has 2 bridgehead atoms. The SMILES string of the molecule is O=C(O)[C@H](Cc1ccccc1)NC(=O)[C@@H]1Cc2ccc(cc2)NC(=O)[C@H](O)[C@@H](O)C(=O)N[C@@H](Cc2cccs2)C(=O)N[C@H](Cc2ccc(-c3ccccc3)cc2)C(=O)N[C@@H](Cc2ccccc2)C(=O)N1. The Bertz CT molecular complexity index is 2740. The molecule has 0 radical (unpaired) electrons. The van der Waals surface area contributed by atoms with Crippen LogP contribution in [-0.4, -0.2) is 99.1 Å². The van der Waals surface area contributed by atoms with Gasteiger partial charge in [-0.15, -0.1) is 11.3 Å². The number of aliphatic hydroxyl groups excluding tert-OH is 2. The van der Waals surface area contributed by atoms with Gasteiger partial charge in [-0.2, -0.15) is 0 Å². The lowest BCUT2D eigenvalue weighted by Crippen LogP contribution is -2.60. The zero-order chi connectivity index (χ0) is 49.6. The number of thiophene rings is 1. The summed E-state index contributed by atoms with van der Waals surface area (Å²) in [4.78, 5) is 98.0. The fourth-order valence-corrected chi connectivity index (χ4v) is 8.63. The quantitative estimate of drug-likeness (QED) is 0.0811. The predicted octanol–water partition coefficient (Wildman–Crippen LogP) is 3.11. The number of nitrogens with one attached hydrogen (secondary N) is 6. The summed E-state index contributed by atoms with van der Waals surface area (Å²) in [5.74, 6) is -7.01. The number of hydrogen-bond acceptors (Lipinski definition) is 10. The van der Waals surface area contributed by atoms with E-state index in [4.69, 9.17) is 0 Å². The number of hydrogen-bond donors (Lipinski definition) is 9. The van der Waals surface area contributed by atoms with Gasteiger partial charge >= 0.3 is 5.97 Å². The minimum atomic E-state index is -2.33. The molecule has 0 aliphatic carbocycles. The van der Waals surface area contributed by atoms with Gasteiger partial charge in [0.05, 0.1) is 0 Å². The molecule has 6 aromatic rings. The lowest BCUT2D eigenvalue weighted by molar-refractivity contribution is -0.144. The van der Waals surface area contributed by atoms with E-state index in [-0.39, 0.29) is 37.8 Å². The number of anilines is 1. The number of carbonyl (C=O) groups excluding carboxylic acids is 6. The third kappa shape index (κ3) is 13.8. The second-order valence-corrected chi connectivity index (χ2v) is 17.9. The molecule has 6 amide bonds. The minimum Gasteiger partial charge on any atom is -0.480 e. The zero-order valence-corrected chi connectivity index (χ0v) is 38.5. The Hall–Kier alpha value is -7.99. The van der Waals surface area contributed by atoms with Gasteiger partial charge in [-0.05, 0) is 57.0 Å². The van der Waals surface area contributed by atoms with Gasteiger partial charge in [-0.1, -0.05) is 133 Å². The molecule has 1 aromatic heterocycles. The highest BCUT2D eigenvalue weighted by molar-refractivity contribution is 7.09. The molecule has 0 saturated carbocycles. The van der Waals surface area contributed by atoms with E-state index in [1.807, 2.05) is 42.5 Å². The van der Waals surface area contributed by atoms with E-state index in [2.05, 4.69) is 31.9 Å². The maximum absolute atomic E-state index is 14.8. The number of carboxylic acid groups (broad SMARTS) is 1. The van der Waals surface area contributed by atoms with Crippen LogP contribution in [0.5, 0.6) is 0 Å². The van der Waals surface area contributed by atoms with Gasteiger partial charge in [-0.25, -0.2) is 4.79 Å². The summed E-state index contributed by atoms with van der Waals surface area (Å²) < 4.78 is 0. The van der Waals surface area contributed by atoms with Gasteiger partial charge in [0, 0.05) is 42.7 Å². The Balaban J connectivity index is 1.26. The highest BCUT2D eigenvalue weighted by Gasteiger charge is 2.36. The second kappa shape index (κ2) is 23.8. The normalized spacial score (nSPS) is 20.9. The lowest BCUT2D eigenvalue weighted by Gasteiger charge is -2.27. The molecular weight excluding hydrogens is 913 g/mol. The van der Waals surface area contributed by atoms with Crippen molar-refractivity contribution in [1.29, 1.82) is 0 Å². The van der Waals surface area contributed by atoms with Crippen LogP contribution in [0.2, 0.25) is 0 Å². The summed E-state index contributed by atoms with van der Waals surface area (Å²) in [6.45, 7) is 0. The third-order valence-corrected chi connectivity index (χ3v) is 12.6. The maximum atomic E-state index is 14.8. The molecule has 0 unspecified atom stereocenters. The van der Waals surface area contributed by atoms with E-state index < -0.39 is 83.8 Å². The number of aliphatic carboxylic acids is 1. The van der Waals surface area contributed by atoms with Crippen molar-refractivity contribution in [1.82, 2.24) is 26.6 Å². The summed E-state index contributed by atoms with van der Waals surface area (Å²) in [6.07, 6.45) is -5.17. The zero-order valence-electron chi connectivity index (χ0n) is 37.7. The predicted molar refractivity (Wildman–Crippen MR) is 262 cm³/mol. The van der Waals surface area contributed by atoms with Gasteiger partial charge in [0.1, 0.15) is 30.2 Å². The molecule has 0 fully saturated rings. The van der Waals surface area contributed by atoms with Crippen LogP contribution in [0.4, 0.5) is 5.69 Å². The number of rotatable bonds is 12. The molecule has 0 saturated heterocycles. The van der Waals surface area contributed by atoms with Crippen LogP contribution < -0.4 is 31.9 Å².